The SMILES string of the molecule is CCOC(=O)[C@@H]1[C@@H]2C[C@@H](/C(=C\C3CCCCC3)C2=O)[C@@]12C(=O)N(C)c1ccccc12. The molecule has 5 rings (SSSR count). The van der Waals surface area contributed by atoms with E-state index in [1.807, 2.05) is 24.3 Å². The Kier molecular flexibility index (Phi) is 4.60. The standard InChI is InChI=1S/C25H29NO4/c1-3-30-23(28)21-17-14-19(16(22(17)27)13-15-9-5-4-6-10-15)25(21)18-11-7-8-12-20(18)26(2)24(25)29/h7-8,11-13,15,17,19,21H,3-6,9-10,14H2,1-2H3/b16-13+/t17-,19-,21-,25+/m0/s1. The third kappa shape index (κ3) is 2.44. The van der Waals surface area contributed by atoms with Crippen LogP contribution in [0.3, 0.4) is 0 Å². The van der Waals surface area contributed by atoms with Crippen LogP contribution >= 0.6 is 0 Å². The van der Waals surface area contributed by atoms with Crippen molar-refractivity contribution in [3.05, 3.63) is 41.5 Å². The number of Topliss-reactive ketones (excluding diaryl/α,β-unsaturated/α-hetero) is 1. The molecule has 0 radical (unpaired) electrons. The van der Waals surface area contributed by atoms with Gasteiger partial charge >= 0.3 is 5.97 Å². The van der Waals surface area contributed by atoms with E-state index in [1.165, 1.54) is 19.3 Å². The quantitative estimate of drug-likeness (QED) is 0.565. The summed E-state index contributed by atoms with van der Waals surface area (Å²) in [6.07, 6.45) is 8.58. The number of allylic oxidation sites excluding steroid dienone is 2. The fraction of sp³-hybridized carbons (Fsp3) is 0.560. The molecule has 1 spiro atoms. The summed E-state index contributed by atoms with van der Waals surface area (Å²) in [5, 5.41) is 0. The molecule has 5 heteroatoms. The number of hydrogen-bond acceptors (Lipinski definition) is 4. The van der Waals surface area contributed by atoms with Gasteiger partial charge in [0.05, 0.1) is 17.9 Å². The van der Waals surface area contributed by atoms with Crippen molar-refractivity contribution >= 4 is 23.3 Å². The van der Waals surface area contributed by atoms with Crippen molar-refractivity contribution in [2.45, 2.75) is 50.9 Å². The Hall–Kier alpha value is -2.43. The maximum absolute atomic E-state index is 13.8. The number of nitrogens with zero attached hydrogens (tertiary/aromatic N) is 1. The van der Waals surface area contributed by atoms with E-state index in [-0.39, 0.29) is 24.2 Å². The van der Waals surface area contributed by atoms with Crippen molar-refractivity contribution in [1.29, 1.82) is 0 Å². The number of benzene rings is 1. The van der Waals surface area contributed by atoms with E-state index in [2.05, 4.69) is 6.08 Å². The second-order valence-corrected chi connectivity index (χ2v) is 9.26. The van der Waals surface area contributed by atoms with Gasteiger partial charge in [-0.2, -0.15) is 0 Å². The van der Waals surface area contributed by atoms with Gasteiger partial charge in [0.2, 0.25) is 5.91 Å². The molecule has 30 heavy (non-hydrogen) atoms. The lowest BCUT2D eigenvalue weighted by Crippen LogP contribution is -2.54. The second kappa shape index (κ2) is 7.07. The first-order chi connectivity index (χ1) is 14.5. The van der Waals surface area contributed by atoms with Crippen molar-refractivity contribution in [2.24, 2.45) is 23.7 Å². The van der Waals surface area contributed by atoms with E-state index in [9.17, 15) is 14.4 Å². The van der Waals surface area contributed by atoms with Crippen LogP contribution in [-0.2, 0) is 24.5 Å². The fourth-order valence-electron chi connectivity index (χ4n) is 6.72. The van der Waals surface area contributed by atoms with Crippen LogP contribution in [0.5, 0.6) is 0 Å². The number of hydrogen-bond donors (Lipinski definition) is 0. The Balaban J connectivity index is 1.67. The maximum atomic E-state index is 13.8. The van der Waals surface area contributed by atoms with Crippen molar-refractivity contribution in [2.75, 3.05) is 18.6 Å². The number of amides is 1. The predicted octanol–water partition coefficient (Wildman–Crippen LogP) is 3.81. The number of carbonyl (C=O) groups excluding carboxylic acids is 3. The van der Waals surface area contributed by atoms with Gasteiger partial charge in [-0.3, -0.25) is 14.4 Å². The summed E-state index contributed by atoms with van der Waals surface area (Å²) in [6.45, 7) is 2.01. The predicted molar refractivity (Wildman–Crippen MR) is 113 cm³/mol. The van der Waals surface area contributed by atoms with Gasteiger partial charge in [-0.05, 0) is 49.3 Å². The van der Waals surface area contributed by atoms with Crippen LogP contribution in [0.1, 0.15) is 51.0 Å². The third-order valence-corrected chi connectivity index (χ3v) is 7.90. The molecule has 1 aromatic carbocycles. The molecular formula is C25H29NO4. The summed E-state index contributed by atoms with van der Waals surface area (Å²) in [5.41, 5.74) is 1.50. The van der Waals surface area contributed by atoms with E-state index in [0.29, 0.717) is 12.3 Å². The number of rotatable bonds is 3. The zero-order valence-electron chi connectivity index (χ0n) is 17.7. The summed E-state index contributed by atoms with van der Waals surface area (Å²) < 4.78 is 5.42. The number of fused-ring (bicyclic) bond motifs is 5. The van der Waals surface area contributed by atoms with Crippen LogP contribution < -0.4 is 4.90 Å². The number of ether oxygens (including phenoxy) is 1. The first-order valence-corrected chi connectivity index (χ1v) is 11.3. The van der Waals surface area contributed by atoms with Crippen molar-refractivity contribution in [1.82, 2.24) is 0 Å². The highest BCUT2D eigenvalue weighted by Gasteiger charge is 2.73. The number of para-hydroxylation sites is 1. The minimum atomic E-state index is -1.02. The normalized spacial score (nSPS) is 34.3. The van der Waals surface area contributed by atoms with Gasteiger partial charge in [0.1, 0.15) is 0 Å². The topological polar surface area (TPSA) is 63.7 Å². The molecule has 0 aromatic heterocycles. The minimum absolute atomic E-state index is 0.0640. The smallest absolute Gasteiger partial charge is 0.311 e. The summed E-state index contributed by atoms with van der Waals surface area (Å²) in [4.78, 5) is 42.0. The first-order valence-electron chi connectivity index (χ1n) is 11.3. The number of likely N-dealkylation sites (N-methyl/N-ethyl adjacent to an activating group) is 1. The Morgan fingerprint density at radius 1 is 1.20 bits per heavy atom. The molecule has 0 N–H and O–H groups in total. The van der Waals surface area contributed by atoms with Gasteiger partial charge in [-0.25, -0.2) is 0 Å². The molecule has 1 aromatic rings. The van der Waals surface area contributed by atoms with Crippen LogP contribution in [0.2, 0.25) is 0 Å². The molecule has 4 atom stereocenters. The molecule has 3 aliphatic carbocycles. The van der Waals surface area contributed by atoms with E-state index < -0.39 is 23.2 Å². The number of ketones is 1. The Morgan fingerprint density at radius 3 is 2.67 bits per heavy atom. The van der Waals surface area contributed by atoms with Gasteiger partial charge in [0.15, 0.2) is 5.78 Å². The lowest BCUT2D eigenvalue weighted by molar-refractivity contribution is -0.156. The van der Waals surface area contributed by atoms with E-state index >= 15 is 0 Å². The number of carbonyl (C=O) groups is 3. The molecule has 5 nitrogen and oxygen atoms in total. The van der Waals surface area contributed by atoms with E-state index in [4.69, 9.17) is 4.74 Å². The maximum Gasteiger partial charge on any atom is 0.311 e. The lowest BCUT2D eigenvalue weighted by Gasteiger charge is -2.39. The number of esters is 1. The summed E-state index contributed by atoms with van der Waals surface area (Å²) in [7, 11) is 1.77. The number of anilines is 1. The van der Waals surface area contributed by atoms with Gasteiger partial charge in [0.25, 0.3) is 0 Å². The molecule has 0 unspecified atom stereocenters. The zero-order chi connectivity index (χ0) is 21.0. The van der Waals surface area contributed by atoms with Crippen LogP contribution in [-0.4, -0.2) is 31.3 Å². The molecular weight excluding hydrogens is 378 g/mol. The largest absolute Gasteiger partial charge is 0.466 e. The summed E-state index contributed by atoms with van der Waals surface area (Å²) in [5.74, 6) is -1.46. The Labute approximate surface area is 177 Å². The van der Waals surface area contributed by atoms with Gasteiger partial charge < -0.3 is 9.64 Å². The molecule has 0 saturated heterocycles. The molecule has 2 bridgehead atoms. The minimum Gasteiger partial charge on any atom is -0.466 e. The zero-order valence-corrected chi connectivity index (χ0v) is 17.7. The average molecular weight is 408 g/mol. The Morgan fingerprint density at radius 2 is 1.93 bits per heavy atom. The summed E-state index contributed by atoms with van der Waals surface area (Å²) in [6, 6.07) is 7.74. The molecule has 3 saturated carbocycles. The highest BCUT2D eigenvalue weighted by Crippen LogP contribution is 2.65. The summed E-state index contributed by atoms with van der Waals surface area (Å²) >= 11 is 0. The van der Waals surface area contributed by atoms with Crippen LogP contribution in [0, 0.1) is 23.7 Å². The average Bonchev–Trinajstić information content (AvgIpc) is 3.34. The fourth-order valence-corrected chi connectivity index (χ4v) is 6.72. The van der Waals surface area contributed by atoms with E-state index in [1.54, 1.807) is 18.9 Å². The molecule has 4 aliphatic rings. The van der Waals surface area contributed by atoms with Crippen LogP contribution in [0.25, 0.3) is 0 Å². The highest BCUT2D eigenvalue weighted by molar-refractivity contribution is 6.16. The van der Waals surface area contributed by atoms with Gasteiger partial charge in [0, 0.05) is 24.6 Å². The van der Waals surface area contributed by atoms with Crippen molar-refractivity contribution < 1.29 is 19.1 Å². The van der Waals surface area contributed by atoms with Crippen molar-refractivity contribution in [3.8, 4) is 0 Å². The van der Waals surface area contributed by atoms with Crippen LogP contribution in [0.15, 0.2) is 35.9 Å². The first kappa shape index (κ1) is 19.5. The molecule has 3 fully saturated rings. The van der Waals surface area contributed by atoms with E-state index in [0.717, 1.165) is 29.7 Å². The molecule has 1 heterocycles. The van der Waals surface area contributed by atoms with Crippen LogP contribution in [0.4, 0.5) is 5.69 Å². The molecule has 1 aliphatic heterocycles. The molecule has 158 valence electrons. The third-order valence-electron chi connectivity index (χ3n) is 7.90. The second-order valence-electron chi connectivity index (χ2n) is 9.26. The van der Waals surface area contributed by atoms with Gasteiger partial charge in [-0.15, -0.1) is 0 Å². The highest BCUT2D eigenvalue weighted by atomic mass is 16.5. The van der Waals surface area contributed by atoms with Gasteiger partial charge in [-0.1, -0.05) is 43.5 Å². The molecule has 1 amide bonds. The monoisotopic (exact) mass is 407 g/mol. The Bertz CT molecular complexity index is 944. The lowest BCUT2D eigenvalue weighted by atomic mass is 9.60. The van der Waals surface area contributed by atoms with Crippen molar-refractivity contribution in [3.63, 3.8) is 0 Å².